The number of likely N-dealkylation sites (tertiary alicyclic amines) is 1. The number of halogens is 2. The highest BCUT2D eigenvalue weighted by Gasteiger charge is 2.39. The highest BCUT2D eigenvalue weighted by molar-refractivity contribution is 6.76. The quantitative estimate of drug-likeness (QED) is 0.222. The van der Waals surface area contributed by atoms with Crippen LogP contribution in [0, 0.1) is 17.1 Å². The zero-order chi connectivity index (χ0) is 28.2. The molecule has 1 aliphatic rings. The number of fused-ring (bicyclic) bond motifs is 1. The topological polar surface area (TPSA) is 101 Å². The first-order chi connectivity index (χ1) is 18.5. The van der Waals surface area contributed by atoms with E-state index in [-0.39, 0.29) is 12.4 Å². The number of nitrogens with zero attached hydrogens (tertiary/aromatic N) is 4. The molecule has 1 saturated heterocycles. The number of rotatable bonds is 10. The van der Waals surface area contributed by atoms with E-state index in [2.05, 4.69) is 30.8 Å². The minimum atomic E-state index is -1.21. The standard InChI is InChI=1S/C28H34ClFN4O4Si/c1-39(2,3)13-12-37-19-34-17-20-14-22(29)15-24(26(20)32-34)25(16-31)38-18-28(21-4-6-23(30)7-5-21)8-10-33(11-9-28)27(35)36/h4-7,14-15,17,25H,8-13,18-19H2,1-3H3,(H,35,36). The van der Waals surface area contributed by atoms with Gasteiger partial charge in [-0.25, -0.2) is 13.9 Å². The Morgan fingerprint density at radius 3 is 2.56 bits per heavy atom. The minimum absolute atomic E-state index is 0.152. The summed E-state index contributed by atoms with van der Waals surface area (Å²) in [5.41, 5.74) is 1.44. The number of ether oxygens (including phenoxy) is 2. The number of carbonyl (C=O) groups is 1. The predicted molar refractivity (Wildman–Crippen MR) is 150 cm³/mol. The van der Waals surface area contributed by atoms with Crippen LogP contribution in [0.1, 0.15) is 30.1 Å². The Morgan fingerprint density at radius 1 is 1.26 bits per heavy atom. The molecule has 0 radical (unpaired) electrons. The Balaban J connectivity index is 1.55. The smallest absolute Gasteiger partial charge is 0.407 e. The summed E-state index contributed by atoms with van der Waals surface area (Å²) in [6.45, 7) is 8.63. The van der Waals surface area contributed by atoms with Crippen molar-refractivity contribution in [1.82, 2.24) is 14.7 Å². The van der Waals surface area contributed by atoms with Crippen LogP contribution in [-0.4, -0.2) is 60.3 Å². The normalized spacial score (nSPS) is 16.3. The maximum Gasteiger partial charge on any atom is 0.407 e. The average Bonchev–Trinajstić information content (AvgIpc) is 3.29. The van der Waals surface area contributed by atoms with Crippen molar-refractivity contribution in [2.24, 2.45) is 0 Å². The van der Waals surface area contributed by atoms with Gasteiger partial charge in [-0.3, -0.25) is 0 Å². The number of nitriles is 1. The zero-order valence-corrected chi connectivity index (χ0v) is 24.2. The molecule has 0 saturated carbocycles. The summed E-state index contributed by atoms with van der Waals surface area (Å²) < 4.78 is 27.5. The molecule has 1 unspecified atom stereocenters. The summed E-state index contributed by atoms with van der Waals surface area (Å²) in [4.78, 5) is 12.9. The van der Waals surface area contributed by atoms with Gasteiger partial charge in [0.25, 0.3) is 0 Å². The highest BCUT2D eigenvalue weighted by atomic mass is 35.5. The number of piperidine rings is 1. The Morgan fingerprint density at radius 2 is 1.95 bits per heavy atom. The van der Waals surface area contributed by atoms with Gasteiger partial charge in [0.2, 0.25) is 0 Å². The molecular formula is C28H34ClFN4O4Si. The van der Waals surface area contributed by atoms with E-state index in [4.69, 9.17) is 21.1 Å². The van der Waals surface area contributed by atoms with Crippen LogP contribution >= 0.6 is 11.6 Å². The van der Waals surface area contributed by atoms with E-state index in [1.165, 1.54) is 17.0 Å². The fourth-order valence-electron chi connectivity index (χ4n) is 4.86. The van der Waals surface area contributed by atoms with Crippen LogP contribution in [0.2, 0.25) is 30.7 Å². The lowest BCUT2D eigenvalue weighted by molar-refractivity contribution is 0.0204. The molecular weight excluding hydrogens is 539 g/mol. The van der Waals surface area contributed by atoms with Gasteiger partial charge in [-0.05, 0) is 48.7 Å². The van der Waals surface area contributed by atoms with Gasteiger partial charge >= 0.3 is 6.09 Å². The van der Waals surface area contributed by atoms with Gasteiger partial charge in [0.05, 0.1) is 18.2 Å². The fourth-order valence-corrected chi connectivity index (χ4v) is 5.85. The third kappa shape index (κ3) is 7.16. The van der Waals surface area contributed by atoms with Crippen molar-refractivity contribution in [3.8, 4) is 6.07 Å². The van der Waals surface area contributed by atoms with Crippen molar-refractivity contribution >= 4 is 36.7 Å². The van der Waals surface area contributed by atoms with Crippen molar-refractivity contribution in [2.45, 2.75) is 56.8 Å². The molecule has 2 heterocycles. The second kappa shape index (κ2) is 12.0. The third-order valence-corrected chi connectivity index (χ3v) is 9.17. The number of amides is 1. The second-order valence-electron chi connectivity index (χ2n) is 11.3. The molecule has 0 bridgehead atoms. The fraction of sp³-hybridized carbons (Fsp3) is 0.464. The van der Waals surface area contributed by atoms with E-state index in [0.717, 1.165) is 17.0 Å². The van der Waals surface area contributed by atoms with E-state index in [1.54, 1.807) is 28.9 Å². The number of carboxylic acid groups (broad SMARTS) is 1. The summed E-state index contributed by atoms with van der Waals surface area (Å²) in [6, 6.07) is 13.0. The lowest BCUT2D eigenvalue weighted by atomic mass is 9.73. The lowest BCUT2D eigenvalue weighted by Crippen LogP contribution is -2.47. The first kappa shape index (κ1) is 29.0. The van der Waals surface area contributed by atoms with Crippen LogP contribution in [0.3, 0.4) is 0 Å². The van der Waals surface area contributed by atoms with Crippen LogP contribution in [0.25, 0.3) is 10.9 Å². The molecule has 1 N–H and O–H groups in total. The maximum atomic E-state index is 13.7. The van der Waals surface area contributed by atoms with E-state index >= 15 is 0 Å². The molecule has 208 valence electrons. The third-order valence-electron chi connectivity index (χ3n) is 7.24. The molecule has 0 aliphatic carbocycles. The Labute approximate surface area is 233 Å². The summed E-state index contributed by atoms with van der Waals surface area (Å²) in [5, 5.41) is 25.4. The summed E-state index contributed by atoms with van der Waals surface area (Å²) in [6.07, 6.45) is 0.876. The van der Waals surface area contributed by atoms with Gasteiger partial charge in [-0.1, -0.05) is 43.4 Å². The van der Waals surface area contributed by atoms with Gasteiger partial charge in [-0.15, -0.1) is 0 Å². The molecule has 39 heavy (non-hydrogen) atoms. The summed E-state index contributed by atoms with van der Waals surface area (Å²) >= 11 is 6.42. The number of aromatic nitrogens is 2. The van der Waals surface area contributed by atoms with Crippen LogP contribution in [-0.2, 0) is 21.6 Å². The molecule has 3 aromatic rings. The molecule has 1 atom stereocenters. The summed E-state index contributed by atoms with van der Waals surface area (Å²) in [7, 11) is -1.21. The van der Waals surface area contributed by atoms with E-state index in [1.807, 2.05) is 6.20 Å². The molecule has 11 heteroatoms. The monoisotopic (exact) mass is 572 g/mol. The molecule has 1 aromatic heterocycles. The predicted octanol–water partition coefficient (Wildman–Crippen LogP) is 6.43. The number of benzene rings is 2. The molecule has 1 amide bonds. The number of hydrogen-bond donors (Lipinski definition) is 1. The Kier molecular flexibility index (Phi) is 8.96. The van der Waals surface area contributed by atoms with Gasteiger partial charge in [0.1, 0.15) is 12.5 Å². The Bertz CT molecular complexity index is 1340. The van der Waals surface area contributed by atoms with Crippen LogP contribution < -0.4 is 0 Å². The maximum absolute atomic E-state index is 13.7. The largest absolute Gasteiger partial charge is 0.465 e. The van der Waals surface area contributed by atoms with Crippen molar-refractivity contribution in [2.75, 3.05) is 26.3 Å². The lowest BCUT2D eigenvalue weighted by Gasteiger charge is -2.41. The number of hydrogen-bond acceptors (Lipinski definition) is 5. The zero-order valence-electron chi connectivity index (χ0n) is 22.5. The molecule has 1 aliphatic heterocycles. The first-order valence-electron chi connectivity index (χ1n) is 13.0. The van der Waals surface area contributed by atoms with Gasteiger partial charge in [0.15, 0.2) is 6.10 Å². The average molecular weight is 573 g/mol. The van der Waals surface area contributed by atoms with Crippen molar-refractivity contribution in [3.63, 3.8) is 0 Å². The van der Waals surface area contributed by atoms with Gasteiger partial charge in [-0.2, -0.15) is 10.4 Å². The molecule has 8 nitrogen and oxygen atoms in total. The van der Waals surface area contributed by atoms with E-state index in [9.17, 15) is 19.6 Å². The van der Waals surface area contributed by atoms with Crippen molar-refractivity contribution < 1.29 is 23.8 Å². The van der Waals surface area contributed by atoms with Gasteiger partial charge in [0, 0.05) is 55.4 Å². The van der Waals surface area contributed by atoms with Crippen LogP contribution in [0.15, 0.2) is 42.6 Å². The van der Waals surface area contributed by atoms with E-state index < -0.39 is 25.7 Å². The van der Waals surface area contributed by atoms with Crippen LogP contribution in [0.4, 0.5) is 9.18 Å². The Hall–Kier alpha value is -2.97. The molecule has 1 fully saturated rings. The van der Waals surface area contributed by atoms with E-state index in [0.29, 0.717) is 55.4 Å². The second-order valence-corrected chi connectivity index (χ2v) is 17.4. The molecule has 4 rings (SSSR count). The first-order valence-corrected chi connectivity index (χ1v) is 17.1. The minimum Gasteiger partial charge on any atom is -0.465 e. The highest BCUT2D eigenvalue weighted by Crippen LogP contribution is 2.38. The van der Waals surface area contributed by atoms with Gasteiger partial charge < -0.3 is 19.5 Å². The van der Waals surface area contributed by atoms with Crippen molar-refractivity contribution in [3.05, 3.63) is 64.6 Å². The summed E-state index contributed by atoms with van der Waals surface area (Å²) in [5.74, 6) is -0.353. The SMILES string of the molecule is C[Si](C)(C)CCOCn1cc2cc(Cl)cc(C(C#N)OCC3(c4ccc(F)cc4)CCN(C(=O)O)CC3)c2n1. The van der Waals surface area contributed by atoms with Crippen molar-refractivity contribution in [1.29, 1.82) is 5.26 Å². The molecule has 2 aromatic carbocycles. The molecule has 0 spiro atoms. The van der Waals surface area contributed by atoms with Crippen LogP contribution in [0.5, 0.6) is 0 Å².